The lowest BCUT2D eigenvalue weighted by molar-refractivity contribution is -0.113. The quantitative estimate of drug-likeness (QED) is 0.353. The summed E-state index contributed by atoms with van der Waals surface area (Å²) in [7, 11) is 0. The lowest BCUT2D eigenvalue weighted by Gasteiger charge is -2.11. The Kier molecular flexibility index (Phi) is 6.03. The molecule has 0 aliphatic rings. The van der Waals surface area contributed by atoms with Crippen molar-refractivity contribution in [2.75, 3.05) is 11.1 Å². The molecule has 0 spiro atoms. The Labute approximate surface area is 167 Å². The molecule has 0 unspecified atom stereocenters. The summed E-state index contributed by atoms with van der Waals surface area (Å²) in [6.07, 6.45) is 1.62. The summed E-state index contributed by atoms with van der Waals surface area (Å²) in [6, 6.07) is 6.75. The molecule has 0 bridgehead atoms. The van der Waals surface area contributed by atoms with E-state index in [0.29, 0.717) is 32.6 Å². The zero-order valence-corrected chi connectivity index (χ0v) is 16.5. The molecule has 0 fully saturated rings. The summed E-state index contributed by atoms with van der Waals surface area (Å²) in [5.74, 6) is -0.201. The van der Waals surface area contributed by atoms with Crippen molar-refractivity contribution >= 4 is 68.1 Å². The molecule has 3 rings (SSSR count). The van der Waals surface area contributed by atoms with E-state index in [9.17, 15) is 9.59 Å². The van der Waals surface area contributed by atoms with E-state index in [1.807, 2.05) is 5.38 Å². The van der Waals surface area contributed by atoms with E-state index in [1.165, 1.54) is 27.7 Å². The standard InChI is InChI=1S/C17H13Cl2N3O2S2/c1-2-7-22-16(24)10-6-8-25-15(10)21-17(22)26-9-13(23)20-12-5-3-4-11(18)14(12)19/h2-6,8H,1,7,9H2,(H,20,23). The molecule has 9 heteroatoms. The van der Waals surface area contributed by atoms with Crippen molar-refractivity contribution in [1.82, 2.24) is 9.55 Å². The summed E-state index contributed by atoms with van der Waals surface area (Å²) in [6.45, 7) is 4.00. The first-order chi connectivity index (χ1) is 12.5. The number of amides is 1. The van der Waals surface area contributed by atoms with E-state index in [4.69, 9.17) is 23.2 Å². The van der Waals surface area contributed by atoms with Gasteiger partial charge in [-0.2, -0.15) is 0 Å². The van der Waals surface area contributed by atoms with Gasteiger partial charge in [0.25, 0.3) is 5.56 Å². The summed E-state index contributed by atoms with van der Waals surface area (Å²) in [5, 5.41) is 6.21. The van der Waals surface area contributed by atoms with Crippen molar-refractivity contribution in [1.29, 1.82) is 0 Å². The van der Waals surface area contributed by atoms with Crippen LogP contribution in [-0.4, -0.2) is 21.2 Å². The maximum atomic E-state index is 12.6. The number of nitrogens with zero attached hydrogens (tertiary/aromatic N) is 2. The molecule has 1 amide bonds. The van der Waals surface area contributed by atoms with Gasteiger partial charge in [0, 0.05) is 6.54 Å². The Morgan fingerprint density at radius 2 is 2.19 bits per heavy atom. The van der Waals surface area contributed by atoms with Crippen LogP contribution in [0.2, 0.25) is 10.0 Å². The fraction of sp³-hybridized carbons (Fsp3) is 0.118. The van der Waals surface area contributed by atoms with Gasteiger partial charge >= 0.3 is 0 Å². The van der Waals surface area contributed by atoms with Crippen LogP contribution in [0.4, 0.5) is 5.69 Å². The Morgan fingerprint density at radius 1 is 1.38 bits per heavy atom. The van der Waals surface area contributed by atoms with Gasteiger partial charge in [-0.3, -0.25) is 14.2 Å². The van der Waals surface area contributed by atoms with Crippen LogP contribution < -0.4 is 10.9 Å². The van der Waals surface area contributed by atoms with Gasteiger partial charge in [-0.15, -0.1) is 17.9 Å². The first-order valence-corrected chi connectivity index (χ1v) is 10.1. The predicted octanol–water partition coefficient (Wildman–Crippen LogP) is 4.68. The van der Waals surface area contributed by atoms with Gasteiger partial charge in [0.2, 0.25) is 5.91 Å². The molecule has 0 aliphatic carbocycles. The zero-order valence-electron chi connectivity index (χ0n) is 13.4. The highest BCUT2D eigenvalue weighted by atomic mass is 35.5. The van der Waals surface area contributed by atoms with Crippen LogP contribution in [-0.2, 0) is 11.3 Å². The number of allylic oxidation sites excluding steroid dienone is 1. The molecule has 3 aromatic rings. The number of thiophene rings is 1. The molecule has 1 N–H and O–H groups in total. The summed E-state index contributed by atoms with van der Waals surface area (Å²) in [4.78, 5) is 29.9. The number of thioether (sulfide) groups is 1. The average Bonchev–Trinajstić information content (AvgIpc) is 3.09. The minimum Gasteiger partial charge on any atom is -0.324 e. The molecule has 1 aromatic carbocycles. The summed E-state index contributed by atoms with van der Waals surface area (Å²) in [5.41, 5.74) is 0.298. The summed E-state index contributed by atoms with van der Waals surface area (Å²) >= 11 is 14.6. The number of halogens is 2. The molecule has 0 atom stereocenters. The predicted molar refractivity (Wildman–Crippen MR) is 110 cm³/mol. The van der Waals surface area contributed by atoms with Crippen molar-refractivity contribution < 1.29 is 4.79 Å². The number of fused-ring (bicyclic) bond motifs is 1. The second-order valence-corrected chi connectivity index (χ2v) is 7.80. The van der Waals surface area contributed by atoms with E-state index in [2.05, 4.69) is 16.9 Å². The monoisotopic (exact) mass is 425 g/mol. The third-order valence-corrected chi connectivity index (χ3v) is 6.02. The largest absolute Gasteiger partial charge is 0.324 e. The Bertz CT molecular complexity index is 1050. The van der Waals surface area contributed by atoms with Gasteiger partial charge < -0.3 is 5.32 Å². The first kappa shape index (κ1) is 19.0. The molecule has 134 valence electrons. The zero-order chi connectivity index (χ0) is 18.7. The highest BCUT2D eigenvalue weighted by Crippen LogP contribution is 2.30. The lowest BCUT2D eigenvalue weighted by atomic mass is 10.3. The molecule has 0 saturated carbocycles. The fourth-order valence-corrected chi connectivity index (χ4v) is 4.21. The number of nitrogens with one attached hydrogen (secondary N) is 1. The van der Waals surface area contributed by atoms with Gasteiger partial charge in [0.05, 0.1) is 26.9 Å². The Hall–Kier alpha value is -1.80. The molecule has 2 heterocycles. The van der Waals surface area contributed by atoms with Crippen LogP contribution in [0.25, 0.3) is 10.2 Å². The number of benzene rings is 1. The minimum atomic E-state index is -0.273. The normalized spacial score (nSPS) is 10.8. The number of anilines is 1. The van der Waals surface area contributed by atoms with Gasteiger partial charge in [-0.05, 0) is 23.6 Å². The van der Waals surface area contributed by atoms with Crippen LogP contribution in [0.1, 0.15) is 0 Å². The first-order valence-electron chi connectivity index (χ1n) is 7.47. The Morgan fingerprint density at radius 3 is 2.96 bits per heavy atom. The van der Waals surface area contributed by atoms with Gasteiger partial charge in [0.15, 0.2) is 5.16 Å². The third-order valence-electron chi connectivity index (χ3n) is 3.42. The van der Waals surface area contributed by atoms with E-state index >= 15 is 0 Å². The van der Waals surface area contributed by atoms with Crippen molar-refractivity contribution in [2.45, 2.75) is 11.7 Å². The second kappa shape index (κ2) is 8.26. The fourth-order valence-electron chi connectivity index (χ4n) is 2.25. The third kappa shape index (κ3) is 3.96. The number of rotatable bonds is 6. The molecular formula is C17H13Cl2N3O2S2. The lowest BCUT2D eigenvalue weighted by Crippen LogP contribution is -2.23. The van der Waals surface area contributed by atoms with Crippen molar-refractivity contribution in [3.63, 3.8) is 0 Å². The maximum absolute atomic E-state index is 12.6. The molecule has 26 heavy (non-hydrogen) atoms. The molecular weight excluding hydrogens is 413 g/mol. The SMILES string of the molecule is C=CCn1c(SCC(=O)Nc2cccc(Cl)c2Cl)nc2sccc2c1=O. The topological polar surface area (TPSA) is 64.0 Å². The average molecular weight is 426 g/mol. The van der Waals surface area contributed by atoms with Gasteiger partial charge in [0.1, 0.15) is 4.83 Å². The highest BCUT2D eigenvalue weighted by molar-refractivity contribution is 7.99. The maximum Gasteiger partial charge on any atom is 0.263 e. The van der Waals surface area contributed by atoms with Crippen molar-refractivity contribution in [3.05, 3.63) is 62.7 Å². The van der Waals surface area contributed by atoms with Crippen LogP contribution in [0.3, 0.4) is 0 Å². The number of carbonyl (C=O) groups is 1. The van der Waals surface area contributed by atoms with E-state index in [1.54, 1.807) is 30.3 Å². The summed E-state index contributed by atoms with van der Waals surface area (Å²) < 4.78 is 1.51. The van der Waals surface area contributed by atoms with Crippen LogP contribution in [0.15, 0.2) is 52.3 Å². The molecule has 0 radical (unpaired) electrons. The number of hydrogen-bond donors (Lipinski definition) is 1. The van der Waals surface area contributed by atoms with E-state index in [0.717, 1.165) is 0 Å². The molecule has 0 saturated heterocycles. The van der Waals surface area contributed by atoms with Crippen molar-refractivity contribution in [2.24, 2.45) is 0 Å². The van der Waals surface area contributed by atoms with Crippen LogP contribution in [0, 0.1) is 0 Å². The molecule has 5 nitrogen and oxygen atoms in total. The number of aromatic nitrogens is 2. The van der Waals surface area contributed by atoms with Gasteiger partial charge in [-0.25, -0.2) is 4.98 Å². The minimum absolute atomic E-state index is 0.0727. The van der Waals surface area contributed by atoms with Crippen LogP contribution in [0.5, 0.6) is 0 Å². The van der Waals surface area contributed by atoms with E-state index < -0.39 is 0 Å². The number of carbonyl (C=O) groups excluding carboxylic acids is 1. The second-order valence-electron chi connectivity index (χ2n) is 5.18. The number of hydrogen-bond acceptors (Lipinski definition) is 5. The highest BCUT2D eigenvalue weighted by Gasteiger charge is 2.14. The van der Waals surface area contributed by atoms with E-state index in [-0.39, 0.29) is 22.2 Å². The smallest absolute Gasteiger partial charge is 0.263 e. The molecule has 0 aliphatic heterocycles. The van der Waals surface area contributed by atoms with Crippen molar-refractivity contribution in [3.8, 4) is 0 Å². The molecule has 2 aromatic heterocycles. The van der Waals surface area contributed by atoms with Crippen LogP contribution >= 0.6 is 46.3 Å². The Balaban J connectivity index is 1.79. The van der Waals surface area contributed by atoms with Gasteiger partial charge in [-0.1, -0.05) is 47.1 Å².